The van der Waals surface area contributed by atoms with E-state index >= 15 is 0 Å². The van der Waals surface area contributed by atoms with E-state index in [0.29, 0.717) is 13.2 Å². The van der Waals surface area contributed by atoms with Crippen LogP contribution in [0.1, 0.15) is 13.8 Å². The molecule has 0 aliphatic carbocycles. The molecule has 3 nitrogen and oxygen atoms in total. The summed E-state index contributed by atoms with van der Waals surface area (Å²) in [4.78, 5) is 0. The van der Waals surface area contributed by atoms with Gasteiger partial charge in [-0.3, -0.25) is 0 Å². The van der Waals surface area contributed by atoms with E-state index in [1.54, 1.807) is 0 Å². The number of ether oxygens (including phenoxy) is 2. The highest BCUT2D eigenvalue weighted by molar-refractivity contribution is 6.11. The molecule has 1 atom stereocenters. The minimum atomic E-state index is -0.327. The number of hydrogen-bond acceptors (Lipinski definition) is 3. The maximum atomic E-state index is 5.47. The van der Waals surface area contributed by atoms with E-state index in [2.05, 4.69) is 10.2 Å². The zero-order valence-corrected chi connectivity index (χ0v) is 7.46. The average molecular weight is 160 g/mol. The molecule has 2 N–H and O–H groups in total. The molecular weight excluding hydrogens is 146 g/mol. The van der Waals surface area contributed by atoms with Crippen molar-refractivity contribution in [2.45, 2.75) is 25.8 Å². The lowest BCUT2D eigenvalue weighted by molar-refractivity contribution is -0.136. The van der Waals surface area contributed by atoms with Crippen molar-refractivity contribution in [3.8, 4) is 0 Å². The third-order valence-corrected chi connectivity index (χ3v) is 1.23. The fraction of sp³-hybridized carbons (Fsp3) is 1.00. The zero-order chi connectivity index (χ0) is 7.98. The van der Waals surface area contributed by atoms with E-state index in [1.807, 2.05) is 13.8 Å². The van der Waals surface area contributed by atoms with Crippen LogP contribution in [0.15, 0.2) is 0 Å². The predicted molar refractivity (Wildman–Crippen MR) is 40.8 cm³/mol. The van der Waals surface area contributed by atoms with Crippen molar-refractivity contribution in [2.75, 3.05) is 13.2 Å². The molecule has 0 aromatic rings. The summed E-state index contributed by atoms with van der Waals surface area (Å²) < 4.78 is 10.3. The van der Waals surface area contributed by atoms with Crippen LogP contribution in [-0.4, -0.2) is 35.4 Å². The van der Waals surface area contributed by atoms with Crippen LogP contribution in [0, 0.1) is 0 Å². The molecule has 0 heterocycles. The number of hydrogen-bond donors (Lipinski definition) is 1. The van der Waals surface area contributed by atoms with Gasteiger partial charge >= 0.3 is 0 Å². The van der Waals surface area contributed by atoms with E-state index in [0.717, 1.165) is 0 Å². The first-order valence-electron chi connectivity index (χ1n) is 3.42. The van der Waals surface area contributed by atoms with Gasteiger partial charge in [0.1, 0.15) is 0 Å². The highest BCUT2D eigenvalue weighted by Crippen LogP contribution is 1.95. The first-order valence-corrected chi connectivity index (χ1v) is 4.00. The molecule has 0 saturated carbocycles. The Balaban J connectivity index is 3.50. The fourth-order valence-corrected chi connectivity index (χ4v) is 0.776. The Morgan fingerprint density at radius 1 is 1.30 bits per heavy atom. The third-order valence-electron chi connectivity index (χ3n) is 0.955. The molecule has 0 spiro atoms. The average Bonchev–Trinajstić information content (AvgIpc) is 1.87. The Kier molecular flexibility index (Phi) is 5.91. The Labute approximate surface area is 65.3 Å². The van der Waals surface area contributed by atoms with E-state index in [1.165, 1.54) is 0 Å². The van der Waals surface area contributed by atoms with Gasteiger partial charge in [-0.05, 0) is 13.8 Å². The molecule has 0 amide bonds. The Morgan fingerprint density at radius 3 is 1.90 bits per heavy atom. The van der Waals surface area contributed by atoms with Crippen molar-refractivity contribution < 1.29 is 9.47 Å². The number of nitrogens with two attached hydrogens (primary N) is 1. The second-order valence-corrected chi connectivity index (χ2v) is 2.47. The van der Waals surface area contributed by atoms with Gasteiger partial charge in [-0.2, -0.15) is 0 Å². The van der Waals surface area contributed by atoms with E-state index in [9.17, 15) is 0 Å². The molecule has 0 aromatic carbocycles. The Bertz CT molecular complexity index is 74.1. The highest BCUT2D eigenvalue weighted by atomic mass is 28.1. The summed E-state index contributed by atoms with van der Waals surface area (Å²) >= 11 is 0. The summed E-state index contributed by atoms with van der Waals surface area (Å²) in [6.45, 7) is 5.03. The molecule has 0 bridgehead atoms. The quantitative estimate of drug-likeness (QED) is 0.449. The van der Waals surface area contributed by atoms with Gasteiger partial charge in [0.2, 0.25) is 0 Å². The maximum Gasteiger partial charge on any atom is 0.168 e. The molecule has 4 heteroatoms. The van der Waals surface area contributed by atoms with Gasteiger partial charge < -0.3 is 15.2 Å². The van der Waals surface area contributed by atoms with E-state index in [4.69, 9.17) is 15.2 Å². The first-order chi connectivity index (χ1) is 4.72. The van der Waals surface area contributed by atoms with Gasteiger partial charge in [-0.25, -0.2) is 0 Å². The van der Waals surface area contributed by atoms with Crippen LogP contribution in [-0.2, 0) is 9.47 Å². The first kappa shape index (κ1) is 10.1. The monoisotopic (exact) mass is 160 g/mol. The molecule has 1 unspecified atom stereocenters. The third kappa shape index (κ3) is 4.00. The second-order valence-electron chi connectivity index (χ2n) is 1.80. The van der Waals surface area contributed by atoms with Gasteiger partial charge in [0, 0.05) is 18.9 Å². The van der Waals surface area contributed by atoms with Crippen molar-refractivity contribution in [3.63, 3.8) is 0 Å². The van der Waals surface area contributed by atoms with Crippen LogP contribution in [0.5, 0.6) is 0 Å². The molecular formula is C6H14NO2Si. The Hall–Kier alpha value is 0.0969. The molecule has 3 radical (unpaired) electrons. The second kappa shape index (κ2) is 5.85. The molecule has 0 rings (SSSR count). The largest absolute Gasteiger partial charge is 0.352 e. The zero-order valence-electron chi connectivity index (χ0n) is 6.46. The molecule has 59 valence electrons. The van der Waals surface area contributed by atoms with Crippen LogP contribution < -0.4 is 5.73 Å². The van der Waals surface area contributed by atoms with E-state index in [-0.39, 0.29) is 12.0 Å². The lowest BCUT2D eigenvalue weighted by Crippen LogP contribution is -2.39. The lowest BCUT2D eigenvalue weighted by atomic mass is 10.6. The molecule has 0 aliphatic heterocycles. The van der Waals surface area contributed by atoms with Crippen LogP contribution in [0.3, 0.4) is 0 Å². The number of rotatable bonds is 5. The molecule has 0 saturated heterocycles. The molecule has 0 aliphatic rings. The summed E-state index contributed by atoms with van der Waals surface area (Å²) in [5.41, 5.74) is 5.22. The predicted octanol–water partition coefficient (Wildman–Crippen LogP) is -0.161. The maximum absolute atomic E-state index is 5.47. The summed E-state index contributed by atoms with van der Waals surface area (Å²) in [6, 6.07) is 0. The van der Waals surface area contributed by atoms with Crippen molar-refractivity contribution in [2.24, 2.45) is 5.73 Å². The van der Waals surface area contributed by atoms with Gasteiger partial charge in [0.15, 0.2) is 6.29 Å². The lowest BCUT2D eigenvalue weighted by Gasteiger charge is -2.19. The van der Waals surface area contributed by atoms with Gasteiger partial charge in [0.25, 0.3) is 0 Å². The summed E-state index contributed by atoms with van der Waals surface area (Å²) in [7, 11) is 3.22. The van der Waals surface area contributed by atoms with Crippen molar-refractivity contribution in [1.82, 2.24) is 0 Å². The normalized spacial score (nSPS) is 14.1. The summed E-state index contributed by atoms with van der Waals surface area (Å²) in [5.74, 6) is 0. The van der Waals surface area contributed by atoms with Crippen molar-refractivity contribution >= 4 is 10.2 Å². The minimum absolute atomic E-state index is 0.250. The SMILES string of the molecule is CCOC(OCC)C(N)[Si]. The molecule has 0 fully saturated rings. The highest BCUT2D eigenvalue weighted by Gasteiger charge is 2.11. The standard InChI is InChI=1S/C6H14NO2Si/c1-3-8-6(5(7)10)9-4-2/h5-6H,3-4,7H2,1-2H3. The Morgan fingerprint density at radius 2 is 1.70 bits per heavy atom. The van der Waals surface area contributed by atoms with Gasteiger partial charge in [-0.15, -0.1) is 0 Å². The van der Waals surface area contributed by atoms with Gasteiger partial charge in [0.05, 0.1) is 10.2 Å². The van der Waals surface area contributed by atoms with Gasteiger partial charge in [-0.1, -0.05) is 0 Å². The van der Waals surface area contributed by atoms with Crippen LogP contribution >= 0.6 is 0 Å². The molecule has 10 heavy (non-hydrogen) atoms. The van der Waals surface area contributed by atoms with Crippen LogP contribution in [0.2, 0.25) is 0 Å². The van der Waals surface area contributed by atoms with Crippen LogP contribution in [0.4, 0.5) is 0 Å². The fourth-order valence-electron chi connectivity index (χ4n) is 0.584. The smallest absolute Gasteiger partial charge is 0.168 e. The summed E-state index contributed by atoms with van der Waals surface area (Å²) in [6.07, 6.45) is -0.327. The van der Waals surface area contributed by atoms with Crippen molar-refractivity contribution in [1.29, 1.82) is 0 Å². The van der Waals surface area contributed by atoms with Crippen LogP contribution in [0.25, 0.3) is 0 Å². The van der Waals surface area contributed by atoms with E-state index < -0.39 is 0 Å². The minimum Gasteiger partial charge on any atom is -0.352 e. The summed E-state index contributed by atoms with van der Waals surface area (Å²) in [5, 5.41) is 0. The topological polar surface area (TPSA) is 44.5 Å². The van der Waals surface area contributed by atoms with Crippen molar-refractivity contribution in [3.05, 3.63) is 0 Å². The molecule has 0 aromatic heterocycles.